The van der Waals surface area contributed by atoms with E-state index in [1.54, 1.807) is 24.3 Å². The SMILES string of the molecule is Cc1ccc2c([As]c3cc([N+](=O)[O-])ccc3Sc3ccc(O)cc3)ncnc2n1. The Morgan fingerprint density at radius 1 is 1.07 bits per heavy atom. The molecule has 29 heavy (non-hydrogen) atoms. The Morgan fingerprint density at radius 3 is 2.62 bits per heavy atom. The van der Waals surface area contributed by atoms with E-state index < -0.39 is 15.8 Å². The van der Waals surface area contributed by atoms with Crippen molar-refractivity contribution in [2.24, 2.45) is 0 Å². The summed E-state index contributed by atoms with van der Waals surface area (Å²) in [6.45, 7) is 1.90. The van der Waals surface area contributed by atoms with Gasteiger partial charge >= 0.3 is 177 Å². The Kier molecular flexibility index (Phi) is 5.47. The van der Waals surface area contributed by atoms with Crippen LogP contribution in [0.3, 0.4) is 0 Å². The van der Waals surface area contributed by atoms with Gasteiger partial charge in [0.25, 0.3) is 0 Å². The topological polar surface area (TPSA) is 102 Å². The van der Waals surface area contributed by atoms with Crippen LogP contribution in [0.1, 0.15) is 5.69 Å². The van der Waals surface area contributed by atoms with Crippen LogP contribution in [0.2, 0.25) is 0 Å². The number of phenols is 1. The molecule has 1 N–H and O–H groups in total. The van der Waals surface area contributed by atoms with Gasteiger partial charge in [-0.05, 0) is 0 Å². The van der Waals surface area contributed by atoms with Gasteiger partial charge in [0.15, 0.2) is 0 Å². The van der Waals surface area contributed by atoms with Crippen LogP contribution in [0.5, 0.6) is 5.75 Å². The van der Waals surface area contributed by atoms with Crippen LogP contribution in [0.25, 0.3) is 11.0 Å². The Balaban J connectivity index is 1.76. The molecule has 7 nitrogen and oxygen atoms in total. The standard InChI is InChI=1S/C20H14AsN4O3S/c1-12-2-8-16-19(22-11-23-20(16)24-12)21-17-10-13(25(27)28)3-9-18(17)29-15-6-4-14(26)5-7-15/h2-11,26H,1H3. The zero-order valence-electron chi connectivity index (χ0n) is 15.2. The number of nitro benzene ring substituents is 1. The van der Waals surface area contributed by atoms with E-state index in [1.165, 1.54) is 24.2 Å². The van der Waals surface area contributed by atoms with E-state index in [4.69, 9.17) is 0 Å². The van der Waals surface area contributed by atoms with Crippen LogP contribution in [-0.4, -0.2) is 40.7 Å². The maximum absolute atomic E-state index is 11.3. The van der Waals surface area contributed by atoms with Gasteiger partial charge in [-0.1, -0.05) is 0 Å². The fourth-order valence-corrected chi connectivity index (χ4v) is 6.14. The molecule has 0 aliphatic rings. The van der Waals surface area contributed by atoms with Gasteiger partial charge in [0, 0.05) is 0 Å². The van der Waals surface area contributed by atoms with Crippen molar-refractivity contribution in [2.75, 3.05) is 0 Å². The second kappa shape index (κ2) is 8.19. The van der Waals surface area contributed by atoms with E-state index in [9.17, 15) is 15.2 Å². The van der Waals surface area contributed by atoms with Gasteiger partial charge in [-0.25, -0.2) is 0 Å². The van der Waals surface area contributed by atoms with Crippen molar-refractivity contribution in [3.05, 3.63) is 76.7 Å². The molecule has 0 atom stereocenters. The molecular formula is C20H14AsN4O3S. The summed E-state index contributed by atoms with van der Waals surface area (Å²) in [4.78, 5) is 25.9. The quantitative estimate of drug-likeness (QED) is 0.275. The molecular weight excluding hydrogens is 451 g/mol. The van der Waals surface area contributed by atoms with Crippen LogP contribution in [0, 0.1) is 17.0 Å². The van der Waals surface area contributed by atoms with Gasteiger partial charge in [-0.2, -0.15) is 0 Å². The summed E-state index contributed by atoms with van der Waals surface area (Å²) < 4.78 is 1.74. The van der Waals surface area contributed by atoms with Gasteiger partial charge in [0.2, 0.25) is 0 Å². The zero-order valence-corrected chi connectivity index (χ0v) is 17.9. The molecule has 4 rings (SSSR count). The molecule has 0 aliphatic heterocycles. The molecule has 0 unspecified atom stereocenters. The van der Waals surface area contributed by atoms with Crippen molar-refractivity contribution in [1.29, 1.82) is 0 Å². The van der Waals surface area contributed by atoms with Gasteiger partial charge in [-0.3, -0.25) is 0 Å². The molecule has 0 aliphatic carbocycles. The first-order valence-corrected chi connectivity index (χ1v) is 11.2. The van der Waals surface area contributed by atoms with Crippen molar-refractivity contribution >= 4 is 53.1 Å². The second-order valence-electron chi connectivity index (χ2n) is 6.14. The molecule has 4 aromatic rings. The van der Waals surface area contributed by atoms with E-state index in [2.05, 4.69) is 15.0 Å². The molecule has 2 aromatic carbocycles. The van der Waals surface area contributed by atoms with E-state index >= 15 is 0 Å². The number of nitro groups is 1. The summed E-state index contributed by atoms with van der Waals surface area (Å²) in [5, 5.41) is 21.7. The van der Waals surface area contributed by atoms with Gasteiger partial charge < -0.3 is 0 Å². The molecule has 2 aromatic heterocycles. The number of benzene rings is 2. The molecule has 0 saturated heterocycles. The minimum absolute atomic E-state index is 0.0534. The molecule has 0 saturated carbocycles. The number of aromatic hydroxyl groups is 1. The molecule has 1 radical (unpaired) electrons. The Labute approximate surface area is 177 Å². The molecule has 0 fully saturated rings. The number of phenolic OH excluding ortho intramolecular Hbond substituents is 1. The molecule has 143 valence electrons. The normalized spacial score (nSPS) is 11.3. The van der Waals surface area contributed by atoms with E-state index in [1.807, 2.05) is 31.2 Å². The number of hydrogen-bond donors (Lipinski definition) is 1. The predicted octanol–water partition coefficient (Wildman–Crippen LogP) is 2.75. The van der Waals surface area contributed by atoms with Crippen molar-refractivity contribution in [3.8, 4) is 5.75 Å². The van der Waals surface area contributed by atoms with Crippen molar-refractivity contribution in [2.45, 2.75) is 16.7 Å². The van der Waals surface area contributed by atoms with Gasteiger partial charge in [0.1, 0.15) is 0 Å². The summed E-state index contributed by atoms with van der Waals surface area (Å²) in [7, 11) is 0. The predicted molar refractivity (Wildman–Crippen MR) is 112 cm³/mol. The molecule has 0 spiro atoms. The van der Waals surface area contributed by atoms with Crippen LogP contribution in [-0.2, 0) is 0 Å². The summed E-state index contributed by atoms with van der Waals surface area (Å²) in [5.74, 6) is 0.194. The monoisotopic (exact) mass is 465 g/mol. The van der Waals surface area contributed by atoms with Crippen LogP contribution >= 0.6 is 11.8 Å². The Bertz CT molecular complexity index is 1220. The zero-order chi connectivity index (χ0) is 20.4. The van der Waals surface area contributed by atoms with Crippen LogP contribution in [0.15, 0.2) is 70.7 Å². The average Bonchev–Trinajstić information content (AvgIpc) is 2.70. The van der Waals surface area contributed by atoms with Crippen LogP contribution < -0.4 is 8.83 Å². The summed E-state index contributed by atoms with van der Waals surface area (Å²) >= 11 is 0.864. The van der Waals surface area contributed by atoms with Crippen molar-refractivity contribution in [1.82, 2.24) is 15.0 Å². The number of aryl methyl sites for hydroxylation is 1. The number of pyridine rings is 1. The van der Waals surface area contributed by atoms with Crippen molar-refractivity contribution < 1.29 is 10.0 Å². The number of nitrogens with zero attached hydrogens (tertiary/aromatic N) is 4. The van der Waals surface area contributed by atoms with E-state index in [-0.39, 0.29) is 16.4 Å². The van der Waals surface area contributed by atoms with Gasteiger partial charge in [0.05, 0.1) is 0 Å². The maximum atomic E-state index is 11.3. The third kappa shape index (κ3) is 4.39. The number of non-ortho nitro benzene ring substituents is 1. The summed E-state index contributed by atoms with van der Waals surface area (Å²) in [5.41, 5.74) is 1.55. The fraction of sp³-hybridized carbons (Fsp3) is 0.0500. The first kappa shape index (κ1) is 19.4. The second-order valence-corrected chi connectivity index (χ2v) is 9.62. The molecule has 0 bridgehead atoms. The van der Waals surface area contributed by atoms with Crippen molar-refractivity contribution in [3.63, 3.8) is 0 Å². The third-order valence-electron chi connectivity index (χ3n) is 4.06. The Morgan fingerprint density at radius 2 is 1.86 bits per heavy atom. The first-order chi connectivity index (χ1) is 14.0. The summed E-state index contributed by atoms with van der Waals surface area (Å²) in [6, 6.07) is 15.6. The fourth-order valence-electron chi connectivity index (χ4n) is 2.66. The minimum atomic E-state index is -0.637. The number of aromatic nitrogens is 3. The molecule has 9 heteroatoms. The van der Waals surface area contributed by atoms with E-state index in [0.29, 0.717) is 5.65 Å². The number of rotatable bonds is 5. The average molecular weight is 465 g/mol. The van der Waals surface area contributed by atoms with Crippen LogP contribution in [0.4, 0.5) is 5.69 Å². The Hall–Kier alpha value is -2.96. The molecule has 2 heterocycles. The number of fused-ring (bicyclic) bond motifs is 1. The molecule has 0 amide bonds. The third-order valence-corrected chi connectivity index (χ3v) is 7.95. The summed E-state index contributed by atoms with van der Waals surface area (Å²) in [6.07, 6.45) is 1.49. The first-order valence-electron chi connectivity index (χ1n) is 8.55. The van der Waals surface area contributed by atoms with E-state index in [0.717, 1.165) is 29.7 Å². The van der Waals surface area contributed by atoms with Gasteiger partial charge in [-0.15, -0.1) is 0 Å². The number of hydrogen-bond acceptors (Lipinski definition) is 7.